The molecule has 1 radical (unpaired) electrons. The van der Waals surface area contributed by atoms with Crippen molar-refractivity contribution in [3.63, 3.8) is 0 Å². The maximum Gasteiger partial charge on any atom is 0.240 e. The van der Waals surface area contributed by atoms with E-state index in [1.807, 2.05) is 0 Å². The van der Waals surface area contributed by atoms with Crippen LogP contribution >= 0.6 is 0 Å². The number of fused-ring (bicyclic) bond motifs is 7. The van der Waals surface area contributed by atoms with Gasteiger partial charge in [0.25, 0.3) is 0 Å². The molecule has 10 aromatic carbocycles. The summed E-state index contributed by atoms with van der Waals surface area (Å²) in [6.07, 6.45) is 0. The van der Waals surface area contributed by atoms with E-state index in [4.69, 9.17) is 0 Å². The second-order valence-corrected chi connectivity index (χ2v) is 29.8. The van der Waals surface area contributed by atoms with Crippen molar-refractivity contribution in [2.24, 2.45) is 0 Å². The van der Waals surface area contributed by atoms with Crippen LogP contribution in [0.5, 0.6) is 0 Å². The summed E-state index contributed by atoms with van der Waals surface area (Å²) in [5, 5.41) is 4.39. The molecule has 0 atom stereocenters. The van der Waals surface area contributed by atoms with Crippen LogP contribution in [0.3, 0.4) is 0 Å². The summed E-state index contributed by atoms with van der Waals surface area (Å²) < 4.78 is 0. The Morgan fingerprint density at radius 2 is 0.733 bits per heavy atom. The van der Waals surface area contributed by atoms with Crippen molar-refractivity contribution >= 4 is 87.6 Å². The highest BCUT2D eigenvalue weighted by molar-refractivity contribution is 7.11. The second kappa shape index (κ2) is 22.2. The lowest BCUT2D eigenvalue weighted by Crippen LogP contribution is -2.76. The highest BCUT2D eigenvalue weighted by Crippen LogP contribution is 2.58. The van der Waals surface area contributed by atoms with E-state index in [-0.39, 0.29) is 13.4 Å². The summed E-state index contributed by atoms with van der Waals surface area (Å²) in [6.45, 7) is 35.8. The van der Waals surface area contributed by atoms with Gasteiger partial charge in [-0.25, -0.2) is 0 Å². The topological polar surface area (TPSA) is 3.24 Å². The molecule has 0 spiro atoms. The van der Waals surface area contributed by atoms with Crippen LogP contribution in [0.25, 0.3) is 11.1 Å². The lowest BCUT2D eigenvalue weighted by atomic mass is 9.20. The minimum absolute atomic E-state index is 0.00754. The summed E-state index contributed by atoms with van der Waals surface area (Å²) >= 11 is 0. The zero-order chi connectivity index (χ0) is 60.2. The van der Waals surface area contributed by atoms with Crippen molar-refractivity contribution in [1.82, 2.24) is 0 Å². The summed E-state index contributed by atoms with van der Waals surface area (Å²) in [6, 6.07) is 80.0. The monoisotopic (exact) mass is 1130 g/mol. The quantitative estimate of drug-likeness (QED) is 0.110. The summed E-state index contributed by atoms with van der Waals surface area (Å²) in [5.74, 6) is 2.15. The molecule has 0 unspecified atom stereocenters. The molecule has 0 aliphatic carbocycles. The van der Waals surface area contributed by atoms with Gasteiger partial charge in [-0.3, -0.25) is 0 Å². The van der Waals surface area contributed by atoms with Crippen LogP contribution in [0.4, 0.5) is 17.1 Å². The molecule has 3 aliphatic rings. The van der Waals surface area contributed by atoms with Gasteiger partial charge in [0.1, 0.15) is 0 Å². The molecule has 10 aromatic rings. The van der Waals surface area contributed by atoms with Gasteiger partial charge in [-0.15, -0.1) is 0 Å². The molecule has 3 aliphatic heterocycles. The van der Waals surface area contributed by atoms with Gasteiger partial charge in [0.05, 0.1) is 16.8 Å². The van der Waals surface area contributed by atoms with Crippen LogP contribution in [0.2, 0.25) is 0 Å². The Morgan fingerprint density at radius 1 is 0.337 bits per heavy atom. The maximum absolute atomic E-state index is 2.68. The van der Waals surface area contributed by atoms with E-state index in [9.17, 15) is 0 Å². The van der Waals surface area contributed by atoms with Crippen molar-refractivity contribution in [2.45, 2.75) is 145 Å². The lowest BCUT2D eigenvalue weighted by molar-refractivity contribution is 0.727. The van der Waals surface area contributed by atoms with Gasteiger partial charge in [0.15, 0.2) is 8.80 Å². The summed E-state index contributed by atoms with van der Waals surface area (Å²) in [4.78, 5) is 2.68. The third kappa shape index (κ3) is 9.09. The number of aryl methyl sites for hydroxylation is 3. The fraction of sp³-hybridized carbons (Fsp3) is 0.268. The predicted octanol–water partition coefficient (Wildman–Crippen LogP) is 15.4. The number of hydrogen-bond donors (Lipinski definition) is 0. The van der Waals surface area contributed by atoms with Gasteiger partial charge >= 0.3 is 0 Å². The van der Waals surface area contributed by atoms with Gasteiger partial charge in [-0.1, -0.05) is 303 Å². The highest BCUT2D eigenvalue weighted by atomic mass is 28.3. The molecule has 3 heterocycles. The number of nitrogens with zero attached hydrogens (tertiary/aromatic N) is 1. The Morgan fingerprint density at radius 3 is 1.19 bits per heavy atom. The van der Waals surface area contributed by atoms with Gasteiger partial charge < -0.3 is 4.90 Å². The fourth-order valence-electron chi connectivity index (χ4n) is 15.8. The first-order chi connectivity index (χ1) is 41.4. The standard InChI is InChI=1S/C82H84B2NSi/c1-49(2)58-44-63(51(5)6)80(64(45-58)52(7)8)83-71-31-21-22-32-72(71)84(81-65(53(9)10)46-59(50(3)4)47-66(81)54(11)12)74-48-60(38-39-73(74)83)85-75-40-36-55(13)42-69(75)82(67-29-19-16-26-57(67)15,70-43-56(14)37-41-76(70)85)68-30-20-25-35-79(68)86-77-33-23-17-27-61(77)62-28-18-24-34-78(62)86/h16-54H,1-15H3. The molecule has 86 heavy (non-hydrogen) atoms. The van der Waals surface area contributed by atoms with Crippen LogP contribution in [0.15, 0.2) is 200 Å². The molecular weight excluding hydrogens is 1050 g/mol. The van der Waals surface area contributed by atoms with Crippen molar-refractivity contribution in [1.29, 1.82) is 0 Å². The van der Waals surface area contributed by atoms with Crippen molar-refractivity contribution < 1.29 is 0 Å². The summed E-state index contributed by atoms with van der Waals surface area (Å²) in [7, 11) is -1.49. The Labute approximate surface area is 517 Å². The first kappa shape index (κ1) is 57.4. The first-order valence-electron chi connectivity index (χ1n) is 32.2. The van der Waals surface area contributed by atoms with Crippen molar-refractivity contribution in [3.8, 4) is 11.1 Å². The van der Waals surface area contributed by atoms with E-state index in [1.165, 1.54) is 149 Å². The minimum Gasteiger partial charge on any atom is -0.310 e. The number of rotatable bonds is 12. The van der Waals surface area contributed by atoms with Crippen molar-refractivity contribution in [2.75, 3.05) is 4.90 Å². The normalized spacial score (nSPS) is 14.1. The molecule has 0 amide bonds. The Kier molecular flexibility index (Phi) is 14.9. The third-order valence-electron chi connectivity index (χ3n) is 19.9. The van der Waals surface area contributed by atoms with E-state index < -0.39 is 14.2 Å². The smallest absolute Gasteiger partial charge is 0.240 e. The van der Waals surface area contributed by atoms with E-state index in [2.05, 4.69) is 309 Å². The number of hydrogen-bond acceptors (Lipinski definition) is 1. The predicted molar refractivity (Wildman–Crippen MR) is 377 cm³/mol. The first-order valence-corrected chi connectivity index (χ1v) is 33.7. The number of benzene rings is 10. The Hall–Kier alpha value is -7.65. The largest absolute Gasteiger partial charge is 0.310 e. The van der Waals surface area contributed by atoms with Crippen LogP contribution < -0.4 is 53.2 Å². The average Bonchev–Trinajstić information content (AvgIpc) is 0.759. The Bertz CT molecular complexity index is 4130. The van der Waals surface area contributed by atoms with Gasteiger partial charge in [0, 0.05) is 5.69 Å². The summed E-state index contributed by atoms with van der Waals surface area (Å²) in [5.41, 5.74) is 32.3. The fourth-order valence-corrected chi connectivity index (χ4v) is 19.0. The zero-order valence-corrected chi connectivity index (χ0v) is 54.6. The molecule has 0 aromatic heterocycles. The SMILES string of the molecule is Cc1ccc2c(c1)C(c1ccccc1C)(c1ccccc1[Si]1c3ccccc3-c3ccccc31)c1cc(C)ccc1N2c1ccc2c(c1)B(c1c(C(C)C)cc(C(C)C)cc1C(C)C)c1ccccc1B2c1c(C(C)C)cc(C(C)C)cc1C(C)C. The zero-order valence-electron chi connectivity index (χ0n) is 53.6. The van der Waals surface area contributed by atoms with Crippen LogP contribution in [0.1, 0.15) is 191 Å². The average molecular weight is 1130 g/mol. The molecule has 0 bridgehead atoms. The molecular formula is C82H84B2NSi. The minimum atomic E-state index is -1.49. The lowest BCUT2D eigenvalue weighted by Gasteiger charge is -2.48. The van der Waals surface area contributed by atoms with E-state index >= 15 is 0 Å². The van der Waals surface area contributed by atoms with E-state index in [1.54, 1.807) is 0 Å². The third-order valence-corrected chi connectivity index (χ3v) is 22.9. The molecule has 0 fully saturated rings. The van der Waals surface area contributed by atoms with Crippen molar-refractivity contribution in [3.05, 3.63) is 273 Å². The van der Waals surface area contributed by atoms with Crippen LogP contribution in [-0.4, -0.2) is 22.2 Å². The molecule has 0 saturated heterocycles. The second-order valence-electron chi connectivity index (χ2n) is 27.4. The molecule has 0 saturated carbocycles. The highest BCUT2D eigenvalue weighted by Gasteiger charge is 2.51. The number of anilines is 3. The Balaban J connectivity index is 1.14. The maximum atomic E-state index is 2.68. The van der Waals surface area contributed by atoms with E-state index in [0.29, 0.717) is 35.5 Å². The van der Waals surface area contributed by atoms with Crippen LogP contribution in [0, 0.1) is 20.8 Å². The van der Waals surface area contributed by atoms with Gasteiger partial charge in [-0.05, 0) is 168 Å². The van der Waals surface area contributed by atoms with Crippen LogP contribution in [-0.2, 0) is 5.41 Å². The molecule has 13 rings (SSSR count). The van der Waals surface area contributed by atoms with Gasteiger partial charge in [-0.2, -0.15) is 0 Å². The molecule has 427 valence electrons. The molecule has 4 heteroatoms. The van der Waals surface area contributed by atoms with E-state index in [0.717, 1.165) is 0 Å². The van der Waals surface area contributed by atoms with Gasteiger partial charge in [0.2, 0.25) is 13.4 Å². The molecule has 0 N–H and O–H groups in total. The molecule has 1 nitrogen and oxygen atoms in total.